The van der Waals surface area contributed by atoms with Crippen LogP contribution in [-0.4, -0.2) is 21.9 Å². The summed E-state index contributed by atoms with van der Waals surface area (Å²) in [4.78, 5) is 11.5. The van der Waals surface area contributed by atoms with Crippen molar-refractivity contribution in [2.45, 2.75) is 26.5 Å². The molecule has 2 aromatic rings. The van der Waals surface area contributed by atoms with Gasteiger partial charge in [0.15, 0.2) is 0 Å². The van der Waals surface area contributed by atoms with Crippen molar-refractivity contribution in [2.75, 3.05) is 5.73 Å². The van der Waals surface area contributed by atoms with E-state index in [0.29, 0.717) is 5.69 Å². The second-order valence-corrected chi connectivity index (χ2v) is 4.59. The van der Waals surface area contributed by atoms with Crippen LogP contribution in [0.25, 0.3) is 11.1 Å². The number of benzene rings is 1. The van der Waals surface area contributed by atoms with Gasteiger partial charge in [0.25, 0.3) is 0 Å². The second-order valence-electron chi connectivity index (χ2n) is 4.59. The summed E-state index contributed by atoms with van der Waals surface area (Å²) in [5, 5.41) is 4.14. The first kappa shape index (κ1) is 13.1. The van der Waals surface area contributed by atoms with Gasteiger partial charge in [-0.05, 0) is 31.5 Å². The van der Waals surface area contributed by atoms with Crippen LogP contribution in [0, 0.1) is 0 Å². The zero-order valence-electron chi connectivity index (χ0n) is 11.0. The number of esters is 1. The molecule has 0 unspecified atom stereocenters. The molecular formula is C14H17N3O2. The Morgan fingerprint density at radius 3 is 2.89 bits per heavy atom. The average molecular weight is 259 g/mol. The summed E-state index contributed by atoms with van der Waals surface area (Å²) < 4.78 is 6.63. The zero-order valence-corrected chi connectivity index (χ0v) is 11.0. The third kappa shape index (κ3) is 3.58. The predicted octanol–water partition coefficient (Wildman–Crippen LogP) is 2.08. The molecule has 0 fully saturated rings. The molecule has 0 spiro atoms. The molecule has 1 heterocycles. The van der Waals surface area contributed by atoms with Crippen molar-refractivity contribution in [2.24, 2.45) is 0 Å². The number of nitrogens with zero attached hydrogens (tertiary/aromatic N) is 2. The number of carbonyl (C=O) groups is 1. The number of anilines is 1. The van der Waals surface area contributed by atoms with E-state index >= 15 is 0 Å². The maximum atomic E-state index is 11.5. The van der Waals surface area contributed by atoms with Gasteiger partial charge in [-0.3, -0.25) is 9.48 Å². The first-order valence-electron chi connectivity index (χ1n) is 6.12. The molecular weight excluding hydrogens is 242 g/mol. The van der Waals surface area contributed by atoms with Gasteiger partial charge in [-0.25, -0.2) is 0 Å². The smallest absolute Gasteiger partial charge is 0.328 e. The lowest BCUT2D eigenvalue weighted by Crippen LogP contribution is -2.17. The van der Waals surface area contributed by atoms with Gasteiger partial charge >= 0.3 is 5.97 Å². The van der Waals surface area contributed by atoms with E-state index in [-0.39, 0.29) is 18.6 Å². The number of hydrogen-bond acceptors (Lipinski definition) is 4. The Morgan fingerprint density at radius 2 is 2.21 bits per heavy atom. The fourth-order valence-corrected chi connectivity index (χ4v) is 1.75. The molecule has 2 N–H and O–H groups in total. The number of rotatable bonds is 4. The molecule has 0 aliphatic carbocycles. The molecule has 0 saturated heterocycles. The molecule has 2 rings (SSSR count). The molecule has 5 heteroatoms. The highest BCUT2D eigenvalue weighted by Gasteiger charge is 2.08. The van der Waals surface area contributed by atoms with Crippen LogP contribution < -0.4 is 5.73 Å². The number of nitrogen functional groups attached to an aromatic ring is 1. The Balaban J connectivity index is 2.09. The van der Waals surface area contributed by atoms with Gasteiger partial charge in [0.2, 0.25) is 0 Å². The van der Waals surface area contributed by atoms with E-state index < -0.39 is 0 Å². The molecule has 0 aliphatic heterocycles. The summed E-state index contributed by atoms with van der Waals surface area (Å²) >= 11 is 0. The van der Waals surface area contributed by atoms with Gasteiger partial charge < -0.3 is 10.5 Å². The van der Waals surface area contributed by atoms with Crippen LogP contribution in [-0.2, 0) is 16.1 Å². The maximum Gasteiger partial charge on any atom is 0.328 e. The van der Waals surface area contributed by atoms with Gasteiger partial charge in [0.05, 0.1) is 12.3 Å². The predicted molar refractivity (Wildman–Crippen MR) is 73.3 cm³/mol. The molecule has 0 amide bonds. The minimum atomic E-state index is -0.294. The van der Waals surface area contributed by atoms with Crippen LogP contribution >= 0.6 is 0 Å². The van der Waals surface area contributed by atoms with Crippen LogP contribution in [0.2, 0.25) is 0 Å². The van der Waals surface area contributed by atoms with Crippen molar-refractivity contribution in [3.63, 3.8) is 0 Å². The normalized spacial score (nSPS) is 10.7. The number of ether oxygens (including phenoxy) is 1. The minimum Gasteiger partial charge on any atom is -0.462 e. The van der Waals surface area contributed by atoms with Gasteiger partial charge in [-0.2, -0.15) is 5.10 Å². The molecule has 100 valence electrons. The quantitative estimate of drug-likeness (QED) is 0.674. The monoisotopic (exact) mass is 259 g/mol. The van der Waals surface area contributed by atoms with Crippen LogP contribution in [0.3, 0.4) is 0 Å². The third-order valence-electron chi connectivity index (χ3n) is 2.51. The van der Waals surface area contributed by atoms with Gasteiger partial charge in [0, 0.05) is 17.4 Å². The van der Waals surface area contributed by atoms with Gasteiger partial charge in [0.1, 0.15) is 6.54 Å². The van der Waals surface area contributed by atoms with E-state index in [1.54, 1.807) is 17.1 Å². The Kier molecular flexibility index (Phi) is 3.85. The number of aromatic nitrogens is 2. The summed E-state index contributed by atoms with van der Waals surface area (Å²) in [6.07, 6.45) is 3.39. The molecule has 0 aliphatic rings. The summed E-state index contributed by atoms with van der Waals surface area (Å²) in [5.74, 6) is -0.294. The lowest BCUT2D eigenvalue weighted by atomic mass is 10.1. The molecule has 1 aromatic carbocycles. The molecule has 0 saturated carbocycles. The second kappa shape index (κ2) is 5.56. The Bertz CT molecular complexity index is 576. The summed E-state index contributed by atoms with van der Waals surface area (Å²) in [7, 11) is 0. The highest BCUT2D eigenvalue weighted by Crippen LogP contribution is 2.20. The van der Waals surface area contributed by atoms with Crippen molar-refractivity contribution in [1.82, 2.24) is 9.78 Å². The zero-order chi connectivity index (χ0) is 13.8. The Morgan fingerprint density at radius 1 is 1.42 bits per heavy atom. The number of nitrogens with two attached hydrogens (primary N) is 1. The molecule has 0 bridgehead atoms. The van der Waals surface area contributed by atoms with Crippen LogP contribution in [0.15, 0.2) is 36.7 Å². The standard InChI is InChI=1S/C14H17N3O2/c1-10(2)19-14(18)9-17-8-12(7-16-17)11-4-3-5-13(15)6-11/h3-8,10H,9,15H2,1-2H3. The van der Waals surface area contributed by atoms with Crippen molar-refractivity contribution < 1.29 is 9.53 Å². The van der Waals surface area contributed by atoms with E-state index in [2.05, 4.69) is 5.10 Å². The van der Waals surface area contributed by atoms with E-state index in [1.807, 2.05) is 38.1 Å². The SMILES string of the molecule is CC(C)OC(=O)Cn1cc(-c2cccc(N)c2)cn1. The fourth-order valence-electron chi connectivity index (χ4n) is 1.75. The molecule has 0 radical (unpaired) electrons. The lowest BCUT2D eigenvalue weighted by Gasteiger charge is -2.07. The van der Waals surface area contributed by atoms with Crippen molar-refractivity contribution in [3.8, 4) is 11.1 Å². The number of hydrogen-bond donors (Lipinski definition) is 1. The number of carbonyl (C=O) groups excluding carboxylic acids is 1. The molecule has 0 atom stereocenters. The highest BCUT2D eigenvalue weighted by molar-refractivity contribution is 5.70. The lowest BCUT2D eigenvalue weighted by molar-refractivity contribution is -0.148. The molecule has 1 aromatic heterocycles. The Hall–Kier alpha value is -2.30. The topological polar surface area (TPSA) is 70.1 Å². The van der Waals surface area contributed by atoms with E-state index in [0.717, 1.165) is 11.1 Å². The van der Waals surface area contributed by atoms with Crippen LogP contribution in [0.1, 0.15) is 13.8 Å². The van der Waals surface area contributed by atoms with Crippen molar-refractivity contribution in [3.05, 3.63) is 36.7 Å². The molecule has 5 nitrogen and oxygen atoms in total. The Labute approximate surface area is 112 Å². The first-order chi connectivity index (χ1) is 9.04. The fraction of sp³-hybridized carbons (Fsp3) is 0.286. The van der Waals surface area contributed by atoms with E-state index in [9.17, 15) is 4.79 Å². The summed E-state index contributed by atoms with van der Waals surface area (Å²) in [6, 6.07) is 7.53. The maximum absolute atomic E-state index is 11.5. The van der Waals surface area contributed by atoms with E-state index in [1.165, 1.54) is 0 Å². The van der Waals surface area contributed by atoms with Crippen molar-refractivity contribution >= 4 is 11.7 Å². The average Bonchev–Trinajstić information content (AvgIpc) is 2.76. The summed E-state index contributed by atoms with van der Waals surface area (Å²) in [6.45, 7) is 3.75. The van der Waals surface area contributed by atoms with Gasteiger partial charge in [-0.15, -0.1) is 0 Å². The van der Waals surface area contributed by atoms with Crippen LogP contribution in [0.4, 0.5) is 5.69 Å². The summed E-state index contributed by atoms with van der Waals surface area (Å²) in [5.41, 5.74) is 8.33. The molecule has 19 heavy (non-hydrogen) atoms. The van der Waals surface area contributed by atoms with Crippen molar-refractivity contribution in [1.29, 1.82) is 0 Å². The van der Waals surface area contributed by atoms with E-state index in [4.69, 9.17) is 10.5 Å². The minimum absolute atomic E-state index is 0.112. The van der Waals surface area contributed by atoms with Crippen LogP contribution in [0.5, 0.6) is 0 Å². The largest absolute Gasteiger partial charge is 0.462 e. The third-order valence-corrected chi connectivity index (χ3v) is 2.51. The highest BCUT2D eigenvalue weighted by atomic mass is 16.5. The van der Waals surface area contributed by atoms with Gasteiger partial charge in [-0.1, -0.05) is 12.1 Å². The first-order valence-corrected chi connectivity index (χ1v) is 6.12.